The van der Waals surface area contributed by atoms with Gasteiger partial charge in [-0.1, -0.05) is 96.3 Å². The zero-order valence-electron chi connectivity index (χ0n) is 51.3. The molecule has 482 valence electrons. The molecule has 0 saturated heterocycles. The van der Waals surface area contributed by atoms with Crippen LogP contribution in [-0.2, 0) is 43.2 Å². The average molecular weight is 1190 g/mol. The van der Waals surface area contributed by atoms with E-state index in [0.717, 1.165) is 116 Å². The fraction of sp³-hybridized carbons (Fsp3) is 0.857. The monoisotopic (exact) mass is 1190 g/mol. The van der Waals surface area contributed by atoms with Crippen LogP contribution in [0.1, 0.15) is 231 Å². The summed E-state index contributed by atoms with van der Waals surface area (Å²) in [6.07, 6.45) is 24.2. The lowest BCUT2D eigenvalue weighted by atomic mass is 9.80. The molecule has 22 heteroatoms. The Morgan fingerprint density at radius 3 is 0.882 bits per heavy atom. The van der Waals surface area contributed by atoms with Crippen LogP contribution in [-0.4, -0.2) is 127 Å². The minimum Gasteiger partial charge on any atom is -0.370 e. The second kappa shape index (κ2) is 37.0. The van der Waals surface area contributed by atoms with Crippen LogP contribution in [0.2, 0.25) is 0 Å². The molecule has 22 nitrogen and oxygen atoms in total. The Balaban J connectivity index is 1.03. The van der Waals surface area contributed by atoms with Gasteiger partial charge in [-0.3, -0.25) is 43.2 Å². The van der Waals surface area contributed by atoms with E-state index in [9.17, 15) is 43.2 Å². The number of hydrogen-bond acceptors (Lipinski definition) is 13. The van der Waals surface area contributed by atoms with Crippen molar-refractivity contribution in [2.75, 3.05) is 19.6 Å². The lowest BCUT2D eigenvalue weighted by Crippen LogP contribution is -2.56. The van der Waals surface area contributed by atoms with E-state index in [2.05, 4.69) is 42.5 Å². The Bertz CT molecular complexity index is 2160. The first-order valence-electron chi connectivity index (χ1n) is 33.6. The van der Waals surface area contributed by atoms with Gasteiger partial charge < -0.3 is 71.2 Å². The van der Waals surface area contributed by atoms with E-state index in [1.165, 1.54) is 0 Å². The minimum absolute atomic E-state index is 0.00378. The maximum Gasteiger partial charge on any atom is 0.225 e. The highest BCUT2D eigenvalue weighted by atomic mass is 16.2. The fourth-order valence-corrected chi connectivity index (χ4v) is 14.9. The van der Waals surface area contributed by atoms with Crippen molar-refractivity contribution in [1.82, 2.24) is 42.5 Å². The van der Waals surface area contributed by atoms with Gasteiger partial charge in [-0.05, 0) is 135 Å². The van der Waals surface area contributed by atoms with Crippen molar-refractivity contribution in [2.45, 2.75) is 286 Å². The van der Waals surface area contributed by atoms with Crippen LogP contribution in [0.4, 0.5) is 0 Å². The van der Waals surface area contributed by atoms with Crippen molar-refractivity contribution >= 4 is 53.2 Å². The van der Waals surface area contributed by atoms with Gasteiger partial charge in [0.2, 0.25) is 53.2 Å². The van der Waals surface area contributed by atoms with Crippen molar-refractivity contribution < 1.29 is 43.2 Å². The Kier molecular flexibility index (Phi) is 30.1. The smallest absolute Gasteiger partial charge is 0.225 e. The predicted molar refractivity (Wildman–Crippen MR) is 327 cm³/mol. The maximum absolute atomic E-state index is 14.4. The normalized spacial score (nSPS) is 29.1. The minimum atomic E-state index is -0.531. The topological polar surface area (TPSA) is 380 Å². The molecule has 0 heterocycles. The summed E-state index contributed by atoms with van der Waals surface area (Å²) in [5.41, 5.74) is 29.3. The number of rotatable bonds is 32. The number of hydrogen-bond donors (Lipinski definition) is 13. The summed E-state index contributed by atoms with van der Waals surface area (Å²) in [5, 5.41) is 25.5. The molecular weight excluding hydrogens is 1080 g/mol. The van der Waals surface area contributed by atoms with Gasteiger partial charge in [0.25, 0.3) is 0 Å². The second-order valence-electron chi connectivity index (χ2n) is 26.3. The van der Waals surface area contributed by atoms with Crippen molar-refractivity contribution in [3.8, 4) is 0 Å². The summed E-state index contributed by atoms with van der Waals surface area (Å²) in [5.74, 6) is -4.73. The van der Waals surface area contributed by atoms with Gasteiger partial charge >= 0.3 is 0 Å². The summed E-state index contributed by atoms with van der Waals surface area (Å²) in [7, 11) is 0. The average Bonchev–Trinajstić information content (AvgIpc) is 3.42. The molecule has 0 aromatic heterocycles. The summed E-state index contributed by atoms with van der Waals surface area (Å²) in [6.45, 7) is 1.46. The molecule has 0 unspecified atom stereocenters. The zero-order valence-corrected chi connectivity index (χ0v) is 51.3. The number of carbonyl (C=O) groups excluding carboxylic acids is 9. The molecule has 6 aliphatic rings. The fourth-order valence-electron chi connectivity index (χ4n) is 14.9. The standard InChI is InChI=1S/C63H111N13O9/c64-34-16-13-19-40(37-55(68)77)69-59(81)47-26-5-11-32-53(47)75-62(84)44-23-2-8-29-50(44)72-57(79)39-42(21-15-18-36-66)71-61(83)48-27-6-12-33-54(48)76-63(85)45-24-3-9-30-51(45)73-56(78)38-41(20-14-17-35-65)70-60(82)46-25-4-10-31-52(46)74-58(80)43-22-1-7-28-49(43)67/h40-54H,1-39,64-67H2,(H2,68,77)(H,69,81)(H,70,82)(H,71,83)(H,72,79)(H,73,78)(H,74,80)(H,75,84)(H,76,85)/t40-,41-,42-,43-,44-,45-,46-,47-,48-,49-,50-,51-,52-,53-,54-/m1/s1. The summed E-state index contributed by atoms with van der Waals surface area (Å²) < 4.78 is 0. The van der Waals surface area contributed by atoms with Crippen molar-refractivity contribution in [1.29, 1.82) is 0 Å². The Labute approximate surface area is 506 Å². The number of unbranched alkanes of at least 4 members (excludes halogenated alkanes) is 3. The Hall–Kier alpha value is -4.93. The first-order valence-corrected chi connectivity index (χ1v) is 33.6. The molecule has 6 saturated carbocycles. The largest absolute Gasteiger partial charge is 0.370 e. The summed E-state index contributed by atoms with van der Waals surface area (Å²) in [6, 6.07) is -3.56. The highest BCUT2D eigenvalue weighted by Gasteiger charge is 2.42. The van der Waals surface area contributed by atoms with Gasteiger partial charge in [0.15, 0.2) is 0 Å². The van der Waals surface area contributed by atoms with Crippen LogP contribution in [0, 0.1) is 35.5 Å². The van der Waals surface area contributed by atoms with Gasteiger partial charge in [-0.25, -0.2) is 0 Å². The zero-order chi connectivity index (χ0) is 61.1. The molecule has 18 N–H and O–H groups in total. The Morgan fingerprint density at radius 1 is 0.318 bits per heavy atom. The van der Waals surface area contributed by atoms with Gasteiger partial charge in [0.1, 0.15) is 0 Å². The Morgan fingerprint density at radius 2 is 0.576 bits per heavy atom. The lowest BCUT2D eigenvalue weighted by molar-refractivity contribution is -0.133. The lowest BCUT2D eigenvalue weighted by Gasteiger charge is -2.37. The molecule has 0 radical (unpaired) electrons. The number of carbonyl (C=O) groups is 9. The molecule has 0 aromatic carbocycles. The number of nitrogens with two attached hydrogens (primary N) is 5. The van der Waals surface area contributed by atoms with Crippen molar-refractivity contribution in [3.05, 3.63) is 0 Å². The van der Waals surface area contributed by atoms with Crippen LogP contribution < -0.4 is 71.2 Å². The summed E-state index contributed by atoms with van der Waals surface area (Å²) >= 11 is 0. The maximum atomic E-state index is 14.4. The van der Waals surface area contributed by atoms with Gasteiger partial charge in [0.05, 0.1) is 35.5 Å². The third kappa shape index (κ3) is 22.6. The molecule has 6 aliphatic carbocycles. The van der Waals surface area contributed by atoms with Crippen LogP contribution in [0.15, 0.2) is 0 Å². The van der Waals surface area contributed by atoms with E-state index < -0.39 is 77.8 Å². The van der Waals surface area contributed by atoms with Crippen LogP contribution in [0.3, 0.4) is 0 Å². The van der Waals surface area contributed by atoms with E-state index in [0.29, 0.717) is 116 Å². The first-order chi connectivity index (χ1) is 41.1. The van der Waals surface area contributed by atoms with Crippen LogP contribution >= 0.6 is 0 Å². The first kappa shape index (κ1) is 69.2. The molecule has 6 fully saturated rings. The molecular formula is C63H111N13O9. The SMILES string of the molecule is NCCCC[C@H](CC(=O)N[C@@H]1CCCC[C@H]1C(=O)N[C@@H]1CCCC[C@H]1C(=O)N[C@H](CCCCN)CC(=O)N[C@@H]1CCCC[C@H]1C(=O)N[C@@H]1CCCC[C@H]1C(=O)N[C@H](CCCCN)CC(N)=O)NC(=O)[C@@H]1CCCC[C@H]1NC(=O)[C@@H]1CCCC[C@H]1N. The molecule has 6 rings (SSSR count). The van der Waals surface area contributed by atoms with Crippen LogP contribution in [0.5, 0.6) is 0 Å². The highest BCUT2D eigenvalue weighted by molar-refractivity contribution is 5.87. The quantitative estimate of drug-likeness (QED) is 0.0430. The molecule has 15 atom stereocenters. The third-order valence-corrected chi connectivity index (χ3v) is 19.7. The molecule has 85 heavy (non-hydrogen) atoms. The number of amides is 9. The van der Waals surface area contributed by atoms with Crippen molar-refractivity contribution in [3.63, 3.8) is 0 Å². The number of nitrogens with one attached hydrogen (secondary N) is 8. The molecule has 9 amide bonds. The molecule has 0 bridgehead atoms. The molecule has 0 spiro atoms. The van der Waals surface area contributed by atoms with E-state index in [1.54, 1.807) is 0 Å². The predicted octanol–water partition coefficient (Wildman–Crippen LogP) is 3.38. The molecule has 0 aromatic rings. The molecule has 0 aliphatic heterocycles. The highest BCUT2D eigenvalue weighted by Crippen LogP contribution is 2.33. The third-order valence-electron chi connectivity index (χ3n) is 19.7. The van der Waals surface area contributed by atoms with E-state index in [1.807, 2.05) is 0 Å². The van der Waals surface area contributed by atoms with Crippen molar-refractivity contribution in [2.24, 2.45) is 64.2 Å². The summed E-state index contributed by atoms with van der Waals surface area (Å²) in [4.78, 5) is 124. The second-order valence-corrected chi connectivity index (χ2v) is 26.3. The van der Waals surface area contributed by atoms with E-state index in [-0.39, 0.29) is 84.5 Å². The number of primary amides is 1. The van der Waals surface area contributed by atoms with E-state index >= 15 is 0 Å². The van der Waals surface area contributed by atoms with Gasteiger partial charge in [-0.15, -0.1) is 0 Å². The van der Waals surface area contributed by atoms with Gasteiger partial charge in [0, 0.05) is 73.6 Å². The van der Waals surface area contributed by atoms with Crippen LogP contribution in [0.25, 0.3) is 0 Å². The van der Waals surface area contributed by atoms with E-state index in [4.69, 9.17) is 28.7 Å². The van der Waals surface area contributed by atoms with Gasteiger partial charge in [-0.2, -0.15) is 0 Å².